The molecular weight excluding hydrogens is 384 g/mol. The summed E-state index contributed by atoms with van der Waals surface area (Å²) >= 11 is 0. The quantitative estimate of drug-likeness (QED) is 0.370. The summed E-state index contributed by atoms with van der Waals surface area (Å²) < 4.78 is 17.7. The molecule has 0 fully saturated rings. The minimum Gasteiger partial charge on any atom is -0.497 e. The van der Waals surface area contributed by atoms with E-state index in [1.807, 2.05) is 37.3 Å². The van der Waals surface area contributed by atoms with E-state index in [1.54, 1.807) is 29.8 Å². The van der Waals surface area contributed by atoms with Crippen LogP contribution in [0.5, 0.6) is 5.75 Å². The summed E-state index contributed by atoms with van der Waals surface area (Å²) in [6, 6.07) is 16.0. The summed E-state index contributed by atoms with van der Waals surface area (Å²) in [7, 11) is 1.53. The van der Waals surface area contributed by atoms with Gasteiger partial charge in [0.1, 0.15) is 23.5 Å². The highest BCUT2D eigenvalue weighted by Crippen LogP contribution is 2.24. The van der Waals surface area contributed by atoms with Crippen LogP contribution in [0, 0.1) is 13.8 Å². The molecule has 4 rings (SSSR count). The monoisotopic (exact) mass is 404 g/mol. The largest absolute Gasteiger partial charge is 0.497 e. The maximum Gasteiger partial charge on any atom is 0.342 e. The molecule has 0 unspecified atom stereocenters. The SMILES string of the molecule is COc1ccc2c(COC(=O)c3c(C)nn(-c4ccccc4)c3C)cc(=O)oc2c1. The molecule has 7 nitrogen and oxygen atoms in total. The lowest BCUT2D eigenvalue weighted by molar-refractivity contribution is 0.0472. The summed E-state index contributed by atoms with van der Waals surface area (Å²) in [6.45, 7) is 3.52. The Balaban J connectivity index is 1.62. The van der Waals surface area contributed by atoms with Crippen LogP contribution in [-0.2, 0) is 11.3 Å². The molecule has 0 aliphatic carbocycles. The molecule has 7 heteroatoms. The van der Waals surface area contributed by atoms with E-state index in [0.717, 1.165) is 5.69 Å². The van der Waals surface area contributed by atoms with Gasteiger partial charge in [-0.05, 0) is 38.1 Å². The van der Waals surface area contributed by atoms with Crippen LogP contribution in [-0.4, -0.2) is 22.9 Å². The standard InChI is InChI=1S/C23H20N2O5/c1-14-22(15(2)25(24-14)17-7-5-4-6-8-17)23(27)29-13-16-11-21(26)30-20-12-18(28-3)9-10-19(16)20/h4-12H,13H2,1-3H3. The van der Waals surface area contributed by atoms with E-state index in [2.05, 4.69) is 5.10 Å². The van der Waals surface area contributed by atoms with Crippen molar-refractivity contribution in [3.05, 3.63) is 87.5 Å². The van der Waals surface area contributed by atoms with Crippen LogP contribution < -0.4 is 10.4 Å². The molecule has 0 saturated heterocycles. The Kier molecular flexibility index (Phi) is 5.10. The predicted molar refractivity (Wildman–Crippen MR) is 111 cm³/mol. The molecule has 0 bridgehead atoms. The zero-order valence-electron chi connectivity index (χ0n) is 16.8. The molecule has 2 heterocycles. The van der Waals surface area contributed by atoms with Crippen molar-refractivity contribution >= 4 is 16.9 Å². The first kappa shape index (κ1) is 19.4. The smallest absolute Gasteiger partial charge is 0.342 e. The zero-order chi connectivity index (χ0) is 21.3. The third-order valence-corrected chi connectivity index (χ3v) is 4.89. The fourth-order valence-corrected chi connectivity index (χ4v) is 3.43. The number of esters is 1. The van der Waals surface area contributed by atoms with Gasteiger partial charge in [-0.3, -0.25) is 0 Å². The van der Waals surface area contributed by atoms with Gasteiger partial charge in [0, 0.05) is 23.1 Å². The van der Waals surface area contributed by atoms with E-state index in [-0.39, 0.29) is 6.61 Å². The number of carbonyl (C=O) groups is 1. The highest BCUT2D eigenvalue weighted by molar-refractivity contribution is 5.92. The normalized spacial score (nSPS) is 10.9. The molecule has 0 atom stereocenters. The van der Waals surface area contributed by atoms with Gasteiger partial charge in [0.15, 0.2) is 0 Å². The van der Waals surface area contributed by atoms with Crippen LogP contribution in [0.2, 0.25) is 0 Å². The molecule has 4 aromatic rings. The molecule has 0 saturated carbocycles. The van der Waals surface area contributed by atoms with Gasteiger partial charge in [-0.2, -0.15) is 5.10 Å². The topological polar surface area (TPSA) is 83.6 Å². The van der Waals surface area contributed by atoms with Crippen molar-refractivity contribution in [3.63, 3.8) is 0 Å². The molecule has 30 heavy (non-hydrogen) atoms. The number of carbonyl (C=O) groups excluding carboxylic acids is 1. The highest BCUT2D eigenvalue weighted by Gasteiger charge is 2.21. The summed E-state index contributed by atoms with van der Waals surface area (Å²) in [5, 5.41) is 5.15. The summed E-state index contributed by atoms with van der Waals surface area (Å²) in [5.41, 5.74) is 2.94. The van der Waals surface area contributed by atoms with Crippen LogP contribution in [0.25, 0.3) is 16.7 Å². The molecule has 2 aromatic heterocycles. The Morgan fingerprint density at radius 2 is 1.87 bits per heavy atom. The third-order valence-electron chi connectivity index (χ3n) is 4.89. The molecule has 0 spiro atoms. The van der Waals surface area contributed by atoms with Crippen LogP contribution in [0.15, 0.2) is 63.8 Å². The number of ether oxygens (including phenoxy) is 2. The lowest BCUT2D eigenvalue weighted by Crippen LogP contribution is -2.10. The molecule has 0 aliphatic rings. The Morgan fingerprint density at radius 1 is 1.10 bits per heavy atom. The maximum absolute atomic E-state index is 12.8. The molecule has 0 aliphatic heterocycles. The summed E-state index contributed by atoms with van der Waals surface area (Å²) in [4.78, 5) is 24.8. The Morgan fingerprint density at radius 3 is 2.60 bits per heavy atom. The zero-order valence-corrected chi connectivity index (χ0v) is 16.8. The minimum atomic E-state index is -0.522. The average Bonchev–Trinajstić information content (AvgIpc) is 3.05. The second-order valence-electron chi connectivity index (χ2n) is 6.82. The van der Waals surface area contributed by atoms with Crippen molar-refractivity contribution in [3.8, 4) is 11.4 Å². The fourth-order valence-electron chi connectivity index (χ4n) is 3.43. The van der Waals surface area contributed by atoms with Gasteiger partial charge in [-0.1, -0.05) is 18.2 Å². The molecule has 0 radical (unpaired) electrons. The van der Waals surface area contributed by atoms with Crippen molar-refractivity contribution in [1.29, 1.82) is 0 Å². The van der Waals surface area contributed by atoms with Gasteiger partial charge < -0.3 is 13.9 Å². The van der Waals surface area contributed by atoms with Crippen LogP contribution in [0.1, 0.15) is 27.3 Å². The van der Waals surface area contributed by atoms with E-state index >= 15 is 0 Å². The lowest BCUT2D eigenvalue weighted by Gasteiger charge is -2.09. The van der Waals surface area contributed by atoms with Gasteiger partial charge >= 0.3 is 11.6 Å². The van der Waals surface area contributed by atoms with Crippen molar-refractivity contribution in [1.82, 2.24) is 9.78 Å². The van der Waals surface area contributed by atoms with Gasteiger partial charge in [0.2, 0.25) is 0 Å². The van der Waals surface area contributed by atoms with E-state index in [4.69, 9.17) is 13.9 Å². The van der Waals surface area contributed by atoms with Gasteiger partial charge in [-0.25, -0.2) is 14.3 Å². The number of aryl methyl sites for hydroxylation is 1. The van der Waals surface area contributed by atoms with E-state index in [1.165, 1.54) is 13.2 Å². The summed E-state index contributed by atoms with van der Waals surface area (Å²) in [6.07, 6.45) is 0. The Bertz CT molecular complexity index is 1290. The second kappa shape index (κ2) is 7.87. The van der Waals surface area contributed by atoms with E-state index < -0.39 is 11.6 Å². The van der Waals surface area contributed by atoms with Gasteiger partial charge in [-0.15, -0.1) is 0 Å². The second-order valence-corrected chi connectivity index (χ2v) is 6.82. The van der Waals surface area contributed by atoms with Crippen molar-refractivity contribution < 1.29 is 18.7 Å². The summed E-state index contributed by atoms with van der Waals surface area (Å²) in [5.74, 6) is 0.0708. The Hall–Kier alpha value is -3.87. The number of fused-ring (bicyclic) bond motifs is 1. The molecule has 152 valence electrons. The molecule has 2 aromatic carbocycles. The molecular formula is C23H20N2O5. The van der Waals surface area contributed by atoms with Crippen molar-refractivity contribution in [2.24, 2.45) is 0 Å². The first-order valence-corrected chi connectivity index (χ1v) is 9.37. The number of nitrogens with zero attached hydrogens (tertiary/aromatic N) is 2. The predicted octanol–water partition coefficient (Wildman–Crippen LogP) is 3.96. The number of methoxy groups -OCH3 is 1. The first-order valence-electron chi connectivity index (χ1n) is 9.37. The fraction of sp³-hybridized carbons (Fsp3) is 0.174. The molecule has 0 amide bonds. The number of rotatable bonds is 5. The maximum atomic E-state index is 12.8. The van der Waals surface area contributed by atoms with Crippen LogP contribution in [0.3, 0.4) is 0 Å². The van der Waals surface area contributed by atoms with Crippen molar-refractivity contribution in [2.75, 3.05) is 7.11 Å². The Labute approximate surface area is 172 Å². The lowest BCUT2D eigenvalue weighted by atomic mass is 10.1. The van der Waals surface area contributed by atoms with Crippen LogP contribution >= 0.6 is 0 Å². The third kappa shape index (κ3) is 3.57. The highest BCUT2D eigenvalue weighted by atomic mass is 16.5. The van der Waals surface area contributed by atoms with Crippen molar-refractivity contribution in [2.45, 2.75) is 20.5 Å². The van der Waals surface area contributed by atoms with E-state index in [9.17, 15) is 9.59 Å². The number of para-hydroxylation sites is 1. The number of hydrogen-bond donors (Lipinski definition) is 0. The number of benzene rings is 2. The van der Waals surface area contributed by atoms with E-state index in [0.29, 0.717) is 39.2 Å². The minimum absolute atomic E-state index is 0.0668. The number of hydrogen-bond acceptors (Lipinski definition) is 6. The van der Waals surface area contributed by atoms with Crippen LogP contribution in [0.4, 0.5) is 0 Å². The number of aromatic nitrogens is 2. The first-order chi connectivity index (χ1) is 14.5. The van der Waals surface area contributed by atoms with Gasteiger partial charge in [0.25, 0.3) is 0 Å². The molecule has 0 N–H and O–H groups in total. The average molecular weight is 404 g/mol. The van der Waals surface area contributed by atoms with Gasteiger partial charge in [0.05, 0.1) is 24.2 Å².